The van der Waals surface area contributed by atoms with Gasteiger partial charge in [-0.1, -0.05) is 25.1 Å². The number of piperazine rings is 1. The molecule has 3 rings (SSSR count). The van der Waals surface area contributed by atoms with Crippen LogP contribution in [0.25, 0.3) is 0 Å². The Morgan fingerprint density at radius 3 is 2.30 bits per heavy atom. The van der Waals surface area contributed by atoms with Gasteiger partial charge in [-0.3, -0.25) is 0 Å². The zero-order valence-corrected chi connectivity index (χ0v) is 13.8. The number of likely N-dealkylation sites (N-methyl/N-ethyl adjacent to an activating group) is 1. The van der Waals surface area contributed by atoms with Gasteiger partial charge >= 0.3 is 0 Å². The van der Waals surface area contributed by atoms with Gasteiger partial charge in [-0.05, 0) is 42.4 Å². The van der Waals surface area contributed by atoms with Gasteiger partial charge in [0, 0.05) is 49.8 Å². The zero-order valence-electron chi connectivity index (χ0n) is 13.8. The summed E-state index contributed by atoms with van der Waals surface area (Å²) in [5, 5.41) is 3.44. The predicted octanol–water partition coefficient (Wildman–Crippen LogP) is 3.02. The van der Waals surface area contributed by atoms with E-state index in [9.17, 15) is 0 Å². The Morgan fingerprint density at radius 2 is 1.65 bits per heavy atom. The maximum Gasteiger partial charge on any atom is 0.0421 e. The van der Waals surface area contributed by atoms with Crippen LogP contribution in [0.3, 0.4) is 0 Å². The van der Waals surface area contributed by atoms with Crippen LogP contribution in [0.2, 0.25) is 0 Å². The van der Waals surface area contributed by atoms with Gasteiger partial charge in [0.05, 0.1) is 0 Å². The Kier molecular flexibility index (Phi) is 5.03. The number of para-hydroxylation sites is 1. The molecule has 0 saturated carbocycles. The number of nitrogens with two attached hydrogens (primary N) is 1. The van der Waals surface area contributed by atoms with Crippen molar-refractivity contribution in [2.75, 3.05) is 48.7 Å². The minimum absolute atomic E-state index is 0.751. The maximum atomic E-state index is 5.98. The standard InChI is InChI=1S/C19H26N4/c1-2-22-11-13-23(14-12-22)18-9-7-17(8-10-18)21-15-16-5-3-4-6-19(16)20/h3-10,21H,2,11-15,20H2,1H3. The Morgan fingerprint density at radius 1 is 0.957 bits per heavy atom. The van der Waals surface area contributed by atoms with Crippen molar-refractivity contribution in [2.24, 2.45) is 0 Å². The summed E-state index contributed by atoms with van der Waals surface area (Å²) in [4.78, 5) is 4.96. The number of hydrogen-bond donors (Lipinski definition) is 2. The van der Waals surface area contributed by atoms with Crippen molar-refractivity contribution in [3.8, 4) is 0 Å². The molecule has 1 aliphatic rings. The van der Waals surface area contributed by atoms with E-state index in [0.29, 0.717) is 0 Å². The molecule has 4 heteroatoms. The van der Waals surface area contributed by atoms with Crippen LogP contribution in [0.5, 0.6) is 0 Å². The van der Waals surface area contributed by atoms with Gasteiger partial charge in [0.1, 0.15) is 0 Å². The summed E-state index contributed by atoms with van der Waals surface area (Å²) in [5.41, 5.74) is 10.4. The predicted molar refractivity (Wildman–Crippen MR) is 99.0 cm³/mol. The number of nitrogen functional groups attached to an aromatic ring is 1. The molecule has 0 atom stereocenters. The fourth-order valence-electron chi connectivity index (χ4n) is 3.00. The molecule has 0 spiro atoms. The first kappa shape index (κ1) is 15.7. The first-order valence-corrected chi connectivity index (χ1v) is 8.41. The SMILES string of the molecule is CCN1CCN(c2ccc(NCc3ccccc3N)cc2)CC1. The van der Waals surface area contributed by atoms with Crippen molar-refractivity contribution in [2.45, 2.75) is 13.5 Å². The largest absolute Gasteiger partial charge is 0.398 e. The Balaban J connectivity index is 1.56. The zero-order chi connectivity index (χ0) is 16.1. The van der Waals surface area contributed by atoms with Gasteiger partial charge in [-0.15, -0.1) is 0 Å². The van der Waals surface area contributed by atoms with Gasteiger partial charge in [-0.25, -0.2) is 0 Å². The molecule has 0 amide bonds. The summed E-state index contributed by atoms with van der Waals surface area (Å²) in [5.74, 6) is 0. The number of anilines is 3. The summed E-state index contributed by atoms with van der Waals surface area (Å²) >= 11 is 0. The van der Waals surface area contributed by atoms with Gasteiger partial charge < -0.3 is 20.9 Å². The lowest BCUT2D eigenvalue weighted by atomic mass is 10.1. The summed E-state index contributed by atoms with van der Waals surface area (Å²) in [7, 11) is 0. The van der Waals surface area contributed by atoms with Crippen molar-refractivity contribution in [1.82, 2.24) is 4.90 Å². The average Bonchev–Trinajstić information content (AvgIpc) is 2.62. The van der Waals surface area contributed by atoms with Gasteiger partial charge in [-0.2, -0.15) is 0 Å². The fraction of sp³-hybridized carbons (Fsp3) is 0.368. The molecule has 0 radical (unpaired) electrons. The smallest absolute Gasteiger partial charge is 0.0421 e. The highest BCUT2D eigenvalue weighted by Gasteiger charge is 2.15. The van der Waals surface area contributed by atoms with E-state index in [1.54, 1.807) is 0 Å². The number of nitrogens with zero attached hydrogens (tertiary/aromatic N) is 2. The number of hydrogen-bond acceptors (Lipinski definition) is 4. The van der Waals surface area contributed by atoms with E-state index in [4.69, 9.17) is 5.73 Å². The highest BCUT2D eigenvalue weighted by Crippen LogP contribution is 2.20. The van der Waals surface area contributed by atoms with Crippen molar-refractivity contribution in [3.05, 3.63) is 54.1 Å². The fourth-order valence-corrected chi connectivity index (χ4v) is 3.00. The van der Waals surface area contributed by atoms with E-state index < -0.39 is 0 Å². The molecule has 1 fully saturated rings. The minimum atomic E-state index is 0.751. The van der Waals surface area contributed by atoms with Crippen LogP contribution < -0.4 is 16.0 Å². The van der Waals surface area contributed by atoms with Crippen LogP contribution >= 0.6 is 0 Å². The third-order valence-electron chi connectivity index (χ3n) is 4.59. The first-order valence-electron chi connectivity index (χ1n) is 8.41. The lowest BCUT2D eigenvalue weighted by molar-refractivity contribution is 0.271. The third-order valence-corrected chi connectivity index (χ3v) is 4.59. The van der Waals surface area contributed by atoms with Crippen LogP contribution in [-0.2, 0) is 6.54 Å². The third kappa shape index (κ3) is 3.96. The van der Waals surface area contributed by atoms with E-state index in [0.717, 1.165) is 56.2 Å². The first-order chi connectivity index (χ1) is 11.3. The summed E-state index contributed by atoms with van der Waals surface area (Å²) in [6.07, 6.45) is 0. The number of rotatable bonds is 5. The molecule has 1 saturated heterocycles. The second-order valence-corrected chi connectivity index (χ2v) is 6.02. The molecule has 23 heavy (non-hydrogen) atoms. The molecular weight excluding hydrogens is 284 g/mol. The van der Waals surface area contributed by atoms with Gasteiger partial charge in [0.2, 0.25) is 0 Å². The van der Waals surface area contributed by atoms with Crippen LogP contribution in [0.1, 0.15) is 12.5 Å². The molecule has 2 aromatic rings. The van der Waals surface area contributed by atoms with E-state index in [1.165, 1.54) is 5.69 Å². The van der Waals surface area contributed by atoms with Crippen molar-refractivity contribution < 1.29 is 0 Å². The highest BCUT2D eigenvalue weighted by molar-refractivity contribution is 5.56. The van der Waals surface area contributed by atoms with Crippen molar-refractivity contribution in [3.63, 3.8) is 0 Å². The average molecular weight is 310 g/mol. The van der Waals surface area contributed by atoms with Crippen LogP contribution in [0.4, 0.5) is 17.1 Å². The van der Waals surface area contributed by atoms with Gasteiger partial charge in [0.25, 0.3) is 0 Å². The Bertz CT molecular complexity index is 616. The minimum Gasteiger partial charge on any atom is -0.398 e. The normalized spacial score (nSPS) is 15.6. The van der Waals surface area contributed by atoms with Crippen LogP contribution in [0.15, 0.2) is 48.5 Å². The summed E-state index contributed by atoms with van der Waals surface area (Å²) in [6.45, 7) is 8.67. The summed E-state index contributed by atoms with van der Waals surface area (Å²) in [6, 6.07) is 16.7. The monoisotopic (exact) mass is 310 g/mol. The summed E-state index contributed by atoms with van der Waals surface area (Å²) < 4.78 is 0. The van der Waals surface area contributed by atoms with E-state index >= 15 is 0 Å². The maximum absolute atomic E-state index is 5.98. The molecule has 3 N–H and O–H groups in total. The number of benzene rings is 2. The van der Waals surface area contributed by atoms with Gasteiger partial charge in [0.15, 0.2) is 0 Å². The van der Waals surface area contributed by atoms with E-state index in [-0.39, 0.29) is 0 Å². The van der Waals surface area contributed by atoms with E-state index in [2.05, 4.69) is 52.4 Å². The lowest BCUT2D eigenvalue weighted by Crippen LogP contribution is -2.46. The van der Waals surface area contributed by atoms with Crippen molar-refractivity contribution >= 4 is 17.1 Å². The Hall–Kier alpha value is -2.20. The molecule has 2 aromatic carbocycles. The van der Waals surface area contributed by atoms with Crippen LogP contribution in [0, 0.1) is 0 Å². The van der Waals surface area contributed by atoms with Crippen LogP contribution in [-0.4, -0.2) is 37.6 Å². The second-order valence-electron chi connectivity index (χ2n) is 6.02. The molecule has 0 aromatic heterocycles. The molecule has 122 valence electrons. The molecular formula is C19H26N4. The van der Waals surface area contributed by atoms with Crippen molar-refractivity contribution in [1.29, 1.82) is 0 Å². The van der Waals surface area contributed by atoms with E-state index in [1.807, 2.05) is 18.2 Å². The molecule has 1 heterocycles. The second kappa shape index (κ2) is 7.38. The molecule has 1 aliphatic heterocycles. The Labute approximate surface area is 138 Å². The molecule has 4 nitrogen and oxygen atoms in total. The topological polar surface area (TPSA) is 44.5 Å². The molecule has 0 bridgehead atoms. The quantitative estimate of drug-likeness (QED) is 0.833. The molecule has 0 unspecified atom stereocenters. The number of nitrogens with one attached hydrogen (secondary N) is 1. The lowest BCUT2D eigenvalue weighted by Gasteiger charge is -2.35. The highest BCUT2D eigenvalue weighted by atomic mass is 15.3. The molecule has 0 aliphatic carbocycles.